The topological polar surface area (TPSA) is 67.8 Å². The monoisotopic (exact) mass is 438 g/mol. The Morgan fingerprint density at radius 1 is 1.19 bits per heavy atom. The first-order valence-electron chi connectivity index (χ1n) is 10.2. The number of fused-ring (bicyclic) bond motifs is 3. The highest BCUT2D eigenvalue weighted by Gasteiger charge is 2.61. The molecule has 1 unspecified atom stereocenters. The number of hydrogen-bond acceptors (Lipinski definition) is 5. The van der Waals surface area contributed by atoms with E-state index in [1.165, 1.54) is 11.3 Å². The summed E-state index contributed by atoms with van der Waals surface area (Å²) in [5.74, 6) is -4.59. The number of aromatic nitrogens is 3. The molecule has 5 nitrogen and oxygen atoms in total. The van der Waals surface area contributed by atoms with E-state index in [1.54, 1.807) is 17.8 Å². The Bertz CT molecular complexity index is 1330. The zero-order valence-corrected chi connectivity index (χ0v) is 17.9. The van der Waals surface area contributed by atoms with E-state index in [0.717, 1.165) is 56.2 Å². The molecule has 1 aromatic carbocycles. The molecule has 1 aliphatic carbocycles. The Labute approximate surface area is 181 Å². The average molecular weight is 439 g/mol. The normalized spacial score (nSPS) is 17.2. The van der Waals surface area contributed by atoms with Crippen molar-refractivity contribution in [2.75, 3.05) is 5.32 Å². The van der Waals surface area contributed by atoms with Gasteiger partial charge in [-0.05, 0) is 37.1 Å². The Morgan fingerprint density at radius 3 is 2.71 bits per heavy atom. The Kier molecular flexibility index (Phi) is 4.69. The van der Waals surface area contributed by atoms with Crippen LogP contribution in [0.1, 0.15) is 31.0 Å². The number of alkyl halides is 2. The lowest BCUT2D eigenvalue weighted by molar-refractivity contribution is -0.119. The van der Waals surface area contributed by atoms with Crippen molar-refractivity contribution < 1.29 is 13.6 Å². The molecule has 0 saturated heterocycles. The standard InChI is InChI=1S/C23H20F2N4OS/c1-3-4-14-5-12(2)17(10-26-14)16-6-13-9-27-19(29-22(30)18-8-23(18,24)25)7-15(13)21-20(16)28-11-31-21/h5-7,9-11,18H,3-4,8H2,1-2H3,(H,27,29,30). The second-order valence-electron chi connectivity index (χ2n) is 7.99. The quantitative estimate of drug-likeness (QED) is 0.430. The van der Waals surface area contributed by atoms with Crippen molar-refractivity contribution >= 4 is 44.1 Å². The predicted octanol–water partition coefficient (Wildman–Crippen LogP) is 5.76. The molecular weight excluding hydrogens is 418 g/mol. The second-order valence-corrected chi connectivity index (χ2v) is 8.85. The molecule has 3 aromatic heterocycles. The van der Waals surface area contributed by atoms with E-state index in [-0.39, 0.29) is 5.82 Å². The number of nitrogens with one attached hydrogen (secondary N) is 1. The summed E-state index contributed by atoms with van der Waals surface area (Å²) in [6, 6.07) is 5.87. The number of thiazole rings is 1. The number of carbonyl (C=O) groups excluding carboxylic acids is 1. The van der Waals surface area contributed by atoms with Crippen molar-refractivity contribution in [3.63, 3.8) is 0 Å². The van der Waals surface area contributed by atoms with Gasteiger partial charge in [0.05, 0.1) is 15.7 Å². The van der Waals surface area contributed by atoms with Crippen molar-refractivity contribution in [3.05, 3.63) is 47.4 Å². The molecule has 1 aliphatic rings. The number of pyridine rings is 2. The SMILES string of the molecule is CCCc1cc(C)c(-c2cc3cnc(NC(=O)C4CC4(F)F)cc3c3scnc23)cn1. The van der Waals surface area contributed by atoms with Crippen LogP contribution >= 0.6 is 11.3 Å². The van der Waals surface area contributed by atoms with E-state index in [1.807, 2.05) is 12.3 Å². The average Bonchev–Trinajstić information content (AvgIpc) is 3.13. The van der Waals surface area contributed by atoms with E-state index in [2.05, 4.69) is 40.2 Å². The third kappa shape index (κ3) is 3.54. The summed E-state index contributed by atoms with van der Waals surface area (Å²) in [5, 5.41) is 4.29. The largest absolute Gasteiger partial charge is 0.310 e. The number of benzene rings is 1. The zero-order valence-electron chi connectivity index (χ0n) is 17.1. The van der Waals surface area contributed by atoms with Crippen LogP contribution in [-0.2, 0) is 11.2 Å². The third-order valence-electron chi connectivity index (χ3n) is 5.66. The van der Waals surface area contributed by atoms with Gasteiger partial charge in [-0.15, -0.1) is 11.3 Å². The lowest BCUT2D eigenvalue weighted by Crippen LogP contribution is -2.18. The first kappa shape index (κ1) is 19.9. The Hall–Kier alpha value is -3.00. The lowest BCUT2D eigenvalue weighted by Gasteiger charge is -2.11. The first-order valence-corrected chi connectivity index (χ1v) is 11.1. The molecule has 1 amide bonds. The molecular formula is C23H20F2N4OS. The second kappa shape index (κ2) is 7.30. The summed E-state index contributed by atoms with van der Waals surface area (Å²) in [7, 11) is 0. The van der Waals surface area contributed by atoms with Gasteiger partial charge in [-0.1, -0.05) is 13.3 Å². The summed E-state index contributed by atoms with van der Waals surface area (Å²) < 4.78 is 27.3. The maximum atomic E-state index is 13.2. The molecule has 1 saturated carbocycles. The minimum Gasteiger partial charge on any atom is -0.310 e. The number of halogens is 2. The van der Waals surface area contributed by atoms with Crippen molar-refractivity contribution in [3.8, 4) is 11.1 Å². The van der Waals surface area contributed by atoms with Crippen LogP contribution in [0.5, 0.6) is 0 Å². The maximum Gasteiger partial charge on any atom is 0.260 e. The highest BCUT2D eigenvalue weighted by Crippen LogP contribution is 2.49. The van der Waals surface area contributed by atoms with Gasteiger partial charge in [0.1, 0.15) is 11.7 Å². The summed E-state index contributed by atoms with van der Waals surface area (Å²) in [6.07, 6.45) is 5.14. The van der Waals surface area contributed by atoms with Gasteiger partial charge in [-0.3, -0.25) is 9.78 Å². The number of rotatable bonds is 5. The molecule has 1 atom stereocenters. The van der Waals surface area contributed by atoms with Gasteiger partial charge in [0, 0.05) is 46.4 Å². The van der Waals surface area contributed by atoms with Crippen LogP contribution in [0.15, 0.2) is 36.1 Å². The van der Waals surface area contributed by atoms with Crippen LogP contribution in [0, 0.1) is 12.8 Å². The Morgan fingerprint density at radius 2 is 2.00 bits per heavy atom. The predicted molar refractivity (Wildman–Crippen MR) is 119 cm³/mol. The minimum absolute atomic E-state index is 0.268. The van der Waals surface area contributed by atoms with Crippen LogP contribution in [0.25, 0.3) is 32.1 Å². The molecule has 3 heterocycles. The number of hydrogen-bond donors (Lipinski definition) is 1. The van der Waals surface area contributed by atoms with Crippen molar-refractivity contribution in [1.82, 2.24) is 15.0 Å². The molecule has 1 N–H and O–H groups in total. The molecule has 158 valence electrons. The summed E-state index contributed by atoms with van der Waals surface area (Å²) in [4.78, 5) is 25.5. The summed E-state index contributed by atoms with van der Waals surface area (Å²) >= 11 is 1.50. The molecule has 8 heteroatoms. The van der Waals surface area contributed by atoms with Crippen LogP contribution < -0.4 is 5.32 Å². The maximum absolute atomic E-state index is 13.2. The van der Waals surface area contributed by atoms with E-state index in [9.17, 15) is 13.6 Å². The molecule has 0 spiro atoms. The van der Waals surface area contributed by atoms with Gasteiger partial charge in [-0.2, -0.15) is 0 Å². The fraction of sp³-hybridized carbons (Fsp3) is 0.304. The van der Waals surface area contributed by atoms with Gasteiger partial charge < -0.3 is 5.32 Å². The lowest BCUT2D eigenvalue weighted by atomic mass is 9.98. The zero-order chi connectivity index (χ0) is 21.8. The fourth-order valence-corrected chi connectivity index (χ4v) is 4.75. The first-order chi connectivity index (χ1) is 14.9. The van der Waals surface area contributed by atoms with Gasteiger partial charge in [0.15, 0.2) is 0 Å². The van der Waals surface area contributed by atoms with Gasteiger partial charge in [0.25, 0.3) is 5.92 Å². The molecule has 4 aromatic rings. The molecule has 5 rings (SSSR count). The van der Waals surface area contributed by atoms with E-state index in [4.69, 9.17) is 0 Å². The summed E-state index contributed by atoms with van der Waals surface area (Å²) in [6.45, 7) is 4.20. The fourth-order valence-electron chi connectivity index (χ4n) is 3.90. The molecule has 1 fully saturated rings. The van der Waals surface area contributed by atoms with E-state index >= 15 is 0 Å². The van der Waals surface area contributed by atoms with Gasteiger partial charge >= 0.3 is 0 Å². The number of carbonyl (C=O) groups is 1. The molecule has 0 bridgehead atoms. The van der Waals surface area contributed by atoms with E-state index < -0.39 is 24.2 Å². The van der Waals surface area contributed by atoms with Crippen LogP contribution in [0.2, 0.25) is 0 Å². The van der Waals surface area contributed by atoms with Crippen molar-refractivity contribution in [2.45, 2.75) is 39.0 Å². The summed E-state index contributed by atoms with van der Waals surface area (Å²) in [5.41, 5.74) is 6.84. The molecule has 0 radical (unpaired) electrons. The van der Waals surface area contributed by atoms with Gasteiger partial charge in [-0.25, -0.2) is 18.7 Å². The number of amides is 1. The number of anilines is 1. The molecule has 0 aliphatic heterocycles. The van der Waals surface area contributed by atoms with Crippen molar-refractivity contribution in [1.29, 1.82) is 0 Å². The number of nitrogens with zero attached hydrogens (tertiary/aromatic N) is 3. The molecule has 31 heavy (non-hydrogen) atoms. The Balaban J connectivity index is 1.56. The highest BCUT2D eigenvalue weighted by atomic mass is 32.1. The third-order valence-corrected chi connectivity index (χ3v) is 6.52. The van der Waals surface area contributed by atoms with Crippen molar-refractivity contribution in [2.24, 2.45) is 5.92 Å². The van der Waals surface area contributed by atoms with Gasteiger partial charge in [0.2, 0.25) is 5.91 Å². The van der Waals surface area contributed by atoms with Crippen LogP contribution in [0.4, 0.5) is 14.6 Å². The van der Waals surface area contributed by atoms with Crippen LogP contribution in [-0.4, -0.2) is 26.8 Å². The smallest absolute Gasteiger partial charge is 0.260 e. The highest BCUT2D eigenvalue weighted by molar-refractivity contribution is 7.17. The van der Waals surface area contributed by atoms with Crippen LogP contribution in [0.3, 0.4) is 0 Å². The number of aryl methyl sites for hydroxylation is 2. The minimum atomic E-state index is -2.90. The van der Waals surface area contributed by atoms with E-state index in [0.29, 0.717) is 0 Å².